The monoisotopic (exact) mass is 506 g/mol. The van der Waals surface area contributed by atoms with Crippen LogP contribution in [0.3, 0.4) is 0 Å². The zero-order valence-electron chi connectivity index (χ0n) is 21.6. The fourth-order valence-corrected chi connectivity index (χ4v) is 6.14. The summed E-state index contributed by atoms with van der Waals surface area (Å²) in [6.45, 7) is 0. The normalized spacial score (nSPS) is 11.5. The number of hydrogen-bond acceptors (Lipinski definition) is 2. The van der Waals surface area contributed by atoms with Crippen LogP contribution >= 0.6 is 0 Å². The van der Waals surface area contributed by atoms with Crippen LogP contribution in [0, 0.1) is 11.3 Å². The van der Waals surface area contributed by atoms with Crippen molar-refractivity contribution in [2.24, 2.45) is 0 Å². The van der Waals surface area contributed by atoms with Crippen molar-refractivity contribution >= 4 is 54.0 Å². The van der Waals surface area contributed by atoms with Crippen LogP contribution in [0.2, 0.25) is 0 Å². The van der Waals surface area contributed by atoms with Crippen LogP contribution in [0.4, 0.5) is 0 Å². The summed E-state index contributed by atoms with van der Waals surface area (Å²) in [4.78, 5) is 5.29. The molecule has 0 unspecified atom stereocenters. The summed E-state index contributed by atoms with van der Waals surface area (Å²) in [5.41, 5.74) is 6.02. The van der Waals surface area contributed by atoms with Gasteiger partial charge in [-0.25, -0.2) is 4.98 Å². The van der Waals surface area contributed by atoms with E-state index < -0.39 is 0 Å². The molecule has 0 fully saturated rings. The predicted octanol–water partition coefficient (Wildman–Crippen LogP) is 10.1. The van der Waals surface area contributed by atoms with Gasteiger partial charge in [-0.3, -0.25) is 0 Å². The number of nitriles is 1. The maximum Gasteiger partial charge on any atom is 0.0991 e. The minimum Gasteiger partial charge on any atom is -0.247 e. The molecular formula is C38H22N2. The molecule has 2 nitrogen and oxygen atoms in total. The second-order valence-electron chi connectivity index (χ2n) is 10.3. The molecule has 8 rings (SSSR count). The second-order valence-corrected chi connectivity index (χ2v) is 10.3. The summed E-state index contributed by atoms with van der Waals surface area (Å²) in [6, 6.07) is 49.1. The number of hydrogen-bond donors (Lipinski definition) is 0. The molecule has 184 valence electrons. The molecule has 0 N–H and O–H groups in total. The number of aromatic nitrogens is 1. The molecule has 0 bridgehead atoms. The quantitative estimate of drug-likeness (QED) is 0.219. The lowest BCUT2D eigenvalue weighted by Gasteiger charge is -2.16. The van der Waals surface area contributed by atoms with E-state index in [1.807, 2.05) is 24.3 Å². The number of nitrogens with zero attached hydrogens (tertiary/aromatic N) is 2. The Labute approximate surface area is 231 Å². The van der Waals surface area contributed by atoms with Gasteiger partial charge in [-0.1, -0.05) is 103 Å². The van der Waals surface area contributed by atoms with Crippen LogP contribution in [0.5, 0.6) is 0 Å². The van der Waals surface area contributed by atoms with Gasteiger partial charge >= 0.3 is 0 Å². The van der Waals surface area contributed by atoms with Crippen molar-refractivity contribution in [3.8, 4) is 28.5 Å². The molecular weight excluding hydrogens is 484 g/mol. The maximum atomic E-state index is 9.14. The van der Waals surface area contributed by atoms with Crippen LogP contribution in [0.25, 0.3) is 76.4 Å². The van der Waals surface area contributed by atoms with E-state index in [4.69, 9.17) is 10.2 Å². The Balaban J connectivity index is 1.41. The minimum atomic E-state index is 0.671. The van der Waals surface area contributed by atoms with E-state index in [-0.39, 0.29) is 0 Å². The zero-order chi connectivity index (χ0) is 26.6. The first kappa shape index (κ1) is 22.5. The Hall–Kier alpha value is -5.52. The lowest BCUT2D eigenvalue weighted by atomic mass is 9.89. The van der Waals surface area contributed by atoms with Crippen LogP contribution in [-0.4, -0.2) is 4.98 Å². The van der Waals surface area contributed by atoms with Gasteiger partial charge in [0.1, 0.15) is 0 Å². The first-order valence-electron chi connectivity index (χ1n) is 13.5. The van der Waals surface area contributed by atoms with Crippen molar-refractivity contribution in [1.29, 1.82) is 5.26 Å². The highest BCUT2D eigenvalue weighted by atomic mass is 14.7. The van der Waals surface area contributed by atoms with E-state index in [1.165, 1.54) is 48.5 Å². The second kappa shape index (κ2) is 8.76. The lowest BCUT2D eigenvalue weighted by Crippen LogP contribution is -1.93. The van der Waals surface area contributed by atoms with Gasteiger partial charge in [0, 0.05) is 21.7 Å². The number of para-hydroxylation sites is 1. The van der Waals surface area contributed by atoms with Crippen LogP contribution < -0.4 is 0 Å². The SMILES string of the molecule is N#Cc1ccc(-c2ccc3cc(-c4nc5ccccc5c5c6ccccc6c6ccccc6c45)ccc3c2)cc1. The molecule has 8 aromatic rings. The average Bonchev–Trinajstić information content (AvgIpc) is 3.03. The molecule has 0 saturated heterocycles. The smallest absolute Gasteiger partial charge is 0.0991 e. The molecule has 0 aliphatic heterocycles. The number of pyridine rings is 1. The molecule has 0 spiro atoms. The molecule has 1 heterocycles. The first-order valence-corrected chi connectivity index (χ1v) is 13.5. The van der Waals surface area contributed by atoms with Gasteiger partial charge in [0.05, 0.1) is 22.8 Å². The lowest BCUT2D eigenvalue weighted by molar-refractivity contribution is 1.44. The molecule has 0 saturated carbocycles. The van der Waals surface area contributed by atoms with Crippen molar-refractivity contribution in [3.63, 3.8) is 0 Å². The van der Waals surface area contributed by atoms with Gasteiger partial charge in [0.25, 0.3) is 0 Å². The Morgan fingerprint density at radius 1 is 0.450 bits per heavy atom. The fourth-order valence-electron chi connectivity index (χ4n) is 6.14. The summed E-state index contributed by atoms with van der Waals surface area (Å²) in [5, 5.41) is 20.1. The Morgan fingerprint density at radius 3 is 1.65 bits per heavy atom. The van der Waals surface area contributed by atoms with E-state index in [9.17, 15) is 0 Å². The highest BCUT2D eigenvalue weighted by Gasteiger charge is 2.17. The van der Waals surface area contributed by atoms with Crippen molar-refractivity contribution in [2.45, 2.75) is 0 Å². The zero-order valence-corrected chi connectivity index (χ0v) is 21.6. The summed E-state index contributed by atoms with van der Waals surface area (Å²) >= 11 is 0. The largest absolute Gasteiger partial charge is 0.247 e. The maximum absolute atomic E-state index is 9.14. The minimum absolute atomic E-state index is 0.671. The number of fused-ring (bicyclic) bond motifs is 9. The van der Waals surface area contributed by atoms with Crippen molar-refractivity contribution in [1.82, 2.24) is 4.98 Å². The summed E-state index contributed by atoms with van der Waals surface area (Å²) in [7, 11) is 0. The average molecular weight is 507 g/mol. The Morgan fingerprint density at radius 2 is 0.975 bits per heavy atom. The summed E-state index contributed by atoms with van der Waals surface area (Å²) in [6.07, 6.45) is 0. The highest BCUT2D eigenvalue weighted by molar-refractivity contribution is 6.33. The molecule has 7 aromatic carbocycles. The number of benzene rings is 7. The van der Waals surface area contributed by atoms with Crippen LogP contribution in [-0.2, 0) is 0 Å². The molecule has 2 heteroatoms. The molecule has 0 aliphatic carbocycles. The number of rotatable bonds is 2. The van der Waals surface area contributed by atoms with Gasteiger partial charge in [0.2, 0.25) is 0 Å². The Kier molecular flexibility index (Phi) is 4.92. The third-order valence-corrected chi connectivity index (χ3v) is 8.04. The van der Waals surface area contributed by atoms with Crippen LogP contribution in [0.15, 0.2) is 133 Å². The molecule has 0 radical (unpaired) electrons. The third kappa shape index (κ3) is 3.39. The predicted molar refractivity (Wildman–Crippen MR) is 167 cm³/mol. The third-order valence-electron chi connectivity index (χ3n) is 8.04. The van der Waals surface area contributed by atoms with E-state index >= 15 is 0 Å². The van der Waals surface area contributed by atoms with Crippen LogP contribution in [0.1, 0.15) is 5.56 Å². The van der Waals surface area contributed by atoms with Crippen molar-refractivity contribution < 1.29 is 0 Å². The van der Waals surface area contributed by atoms with Crippen molar-refractivity contribution in [3.05, 3.63) is 139 Å². The van der Waals surface area contributed by atoms with Gasteiger partial charge in [-0.05, 0) is 73.8 Å². The van der Waals surface area contributed by atoms with Crippen molar-refractivity contribution in [2.75, 3.05) is 0 Å². The molecule has 0 amide bonds. The molecule has 1 aromatic heterocycles. The summed E-state index contributed by atoms with van der Waals surface area (Å²) < 4.78 is 0. The van der Waals surface area contributed by atoms with Gasteiger partial charge < -0.3 is 0 Å². The van der Waals surface area contributed by atoms with Gasteiger partial charge in [-0.15, -0.1) is 0 Å². The first-order chi connectivity index (χ1) is 19.8. The topological polar surface area (TPSA) is 36.7 Å². The Bertz CT molecular complexity index is 2320. The van der Waals surface area contributed by atoms with E-state index in [1.54, 1.807) is 0 Å². The highest BCUT2D eigenvalue weighted by Crippen LogP contribution is 2.43. The van der Waals surface area contributed by atoms with Gasteiger partial charge in [0.15, 0.2) is 0 Å². The van der Waals surface area contributed by atoms with E-state index in [0.717, 1.165) is 27.9 Å². The standard InChI is InChI=1S/C38H22N2/c39-23-24-13-15-25(16-14-24)26-17-18-28-22-29(20-19-27(28)21-26)38-37-33-10-4-2-8-31(33)30-7-1-3-9-32(30)36(37)34-11-5-6-12-35(34)40-38/h1-22H. The fraction of sp³-hybridized carbons (Fsp3) is 0. The molecule has 40 heavy (non-hydrogen) atoms. The van der Waals surface area contributed by atoms with E-state index in [0.29, 0.717) is 5.56 Å². The molecule has 0 atom stereocenters. The molecule has 0 aliphatic rings. The van der Waals surface area contributed by atoms with Gasteiger partial charge in [-0.2, -0.15) is 5.26 Å². The summed E-state index contributed by atoms with van der Waals surface area (Å²) in [5.74, 6) is 0. The van der Waals surface area contributed by atoms with E-state index in [2.05, 4.69) is 115 Å².